The van der Waals surface area contributed by atoms with Gasteiger partial charge in [0.2, 0.25) is 5.91 Å². The van der Waals surface area contributed by atoms with Crippen molar-refractivity contribution in [2.24, 2.45) is 0 Å². The molecule has 2 aromatic rings. The van der Waals surface area contributed by atoms with Gasteiger partial charge < -0.3 is 10.1 Å². The molecule has 0 bridgehead atoms. The van der Waals surface area contributed by atoms with Crippen LogP contribution in [0.15, 0.2) is 24.5 Å². The van der Waals surface area contributed by atoms with E-state index in [1.807, 2.05) is 0 Å². The van der Waals surface area contributed by atoms with Crippen molar-refractivity contribution in [3.8, 4) is 11.4 Å². The molecule has 1 N–H and O–H groups in total. The number of aromatic nitrogens is 4. The van der Waals surface area contributed by atoms with Crippen molar-refractivity contribution in [2.75, 3.05) is 24.4 Å². The molecule has 1 aromatic heterocycles. The van der Waals surface area contributed by atoms with Gasteiger partial charge in [-0.15, -0.1) is 5.10 Å². The number of amides is 1. The Morgan fingerprint density at radius 3 is 2.73 bits per heavy atom. The normalized spacial score (nSPS) is 11.2. The second kappa shape index (κ2) is 6.52. The van der Waals surface area contributed by atoms with Crippen LogP contribution in [0.1, 0.15) is 6.42 Å². The number of carbonyl (C=O) groups is 1. The molecule has 0 saturated heterocycles. The second-order valence-corrected chi connectivity index (χ2v) is 6.86. The minimum atomic E-state index is -3.18. The molecular formula is C12H15N5O4S. The summed E-state index contributed by atoms with van der Waals surface area (Å²) < 4.78 is 28.7. The highest BCUT2D eigenvalue weighted by molar-refractivity contribution is 7.90. The standard InChI is InChI=1S/C12H15N5O4S/c1-21-11-6-9(14-12(18)3-4-22(2,19)20)5-10(7-11)17-8-13-15-16-17/h5-8H,3-4H2,1-2H3,(H,14,18). The Labute approximate surface area is 127 Å². The van der Waals surface area contributed by atoms with Crippen molar-refractivity contribution in [3.63, 3.8) is 0 Å². The molecule has 1 amide bonds. The fourth-order valence-corrected chi connectivity index (χ4v) is 2.24. The molecule has 22 heavy (non-hydrogen) atoms. The van der Waals surface area contributed by atoms with Gasteiger partial charge in [0.1, 0.15) is 21.9 Å². The monoisotopic (exact) mass is 325 g/mol. The zero-order chi connectivity index (χ0) is 16.2. The van der Waals surface area contributed by atoms with E-state index in [2.05, 4.69) is 20.8 Å². The Hall–Kier alpha value is -2.49. The summed E-state index contributed by atoms with van der Waals surface area (Å²) in [5.41, 5.74) is 1.06. The van der Waals surface area contributed by atoms with Crippen molar-refractivity contribution in [2.45, 2.75) is 6.42 Å². The van der Waals surface area contributed by atoms with Gasteiger partial charge in [-0.2, -0.15) is 0 Å². The van der Waals surface area contributed by atoms with Crippen molar-refractivity contribution in [1.82, 2.24) is 20.2 Å². The van der Waals surface area contributed by atoms with Crippen LogP contribution in [-0.2, 0) is 14.6 Å². The van der Waals surface area contributed by atoms with Gasteiger partial charge in [0, 0.05) is 30.5 Å². The number of tetrazole rings is 1. The fraction of sp³-hybridized carbons (Fsp3) is 0.333. The van der Waals surface area contributed by atoms with E-state index in [0.717, 1.165) is 6.26 Å². The number of hydrogen-bond acceptors (Lipinski definition) is 7. The molecule has 0 unspecified atom stereocenters. The Kier molecular flexibility index (Phi) is 4.71. The highest BCUT2D eigenvalue weighted by Gasteiger charge is 2.10. The molecule has 1 aromatic carbocycles. The van der Waals surface area contributed by atoms with E-state index in [4.69, 9.17) is 4.74 Å². The quantitative estimate of drug-likeness (QED) is 0.797. The first-order valence-corrected chi connectivity index (χ1v) is 8.33. The molecular weight excluding hydrogens is 310 g/mol. The Bertz CT molecular complexity index is 758. The maximum absolute atomic E-state index is 11.8. The van der Waals surface area contributed by atoms with Crippen LogP contribution < -0.4 is 10.1 Å². The number of hydrogen-bond donors (Lipinski definition) is 1. The molecule has 118 valence electrons. The van der Waals surface area contributed by atoms with E-state index in [0.29, 0.717) is 17.1 Å². The number of nitrogens with zero attached hydrogens (tertiary/aromatic N) is 4. The van der Waals surface area contributed by atoms with Gasteiger partial charge in [0.05, 0.1) is 18.6 Å². The second-order valence-electron chi connectivity index (χ2n) is 4.60. The predicted molar refractivity (Wildman–Crippen MR) is 78.7 cm³/mol. The third kappa shape index (κ3) is 4.52. The Balaban J connectivity index is 2.17. The van der Waals surface area contributed by atoms with Gasteiger partial charge in [-0.25, -0.2) is 13.1 Å². The van der Waals surface area contributed by atoms with Crippen molar-refractivity contribution in [3.05, 3.63) is 24.5 Å². The summed E-state index contributed by atoms with van der Waals surface area (Å²) in [5, 5.41) is 13.5. The predicted octanol–water partition coefficient (Wildman–Crippen LogP) is 0.0441. The first kappa shape index (κ1) is 15.9. The maximum Gasteiger partial charge on any atom is 0.225 e. The minimum absolute atomic E-state index is 0.115. The van der Waals surface area contributed by atoms with Crippen LogP contribution in [0.2, 0.25) is 0 Å². The number of anilines is 1. The number of carbonyl (C=O) groups excluding carboxylic acids is 1. The summed E-state index contributed by atoms with van der Waals surface area (Å²) in [4.78, 5) is 11.8. The van der Waals surface area contributed by atoms with Gasteiger partial charge in [-0.05, 0) is 16.5 Å². The summed E-state index contributed by atoms with van der Waals surface area (Å²) in [6, 6.07) is 4.96. The topological polar surface area (TPSA) is 116 Å². The summed E-state index contributed by atoms with van der Waals surface area (Å²) in [5.74, 6) is -0.101. The SMILES string of the molecule is COc1cc(NC(=O)CCS(C)(=O)=O)cc(-n2cnnn2)c1. The lowest BCUT2D eigenvalue weighted by Gasteiger charge is -2.10. The lowest BCUT2D eigenvalue weighted by Crippen LogP contribution is -2.16. The third-order valence-electron chi connectivity index (χ3n) is 2.72. The molecule has 10 heteroatoms. The number of nitrogens with one attached hydrogen (secondary N) is 1. The Morgan fingerprint density at radius 1 is 1.36 bits per heavy atom. The molecule has 0 fully saturated rings. The number of sulfone groups is 1. The fourth-order valence-electron chi connectivity index (χ4n) is 1.69. The first-order valence-electron chi connectivity index (χ1n) is 6.27. The number of benzene rings is 1. The van der Waals surface area contributed by atoms with Gasteiger partial charge in [-0.1, -0.05) is 0 Å². The average molecular weight is 325 g/mol. The van der Waals surface area contributed by atoms with Crippen LogP contribution in [0, 0.1) is 0 Å². The molecule has 2 rings (SSSR count). The van der Waals surface area contributed by atoms with Crippen LogP contribution in [0.4, 0.5) is 5.69 Å². The highest BCUT2D eigenvalue weighted by atomic mass is 32.2. The lowest BCUT2D eigenvalue weighted by molar-refractivity contribution is -0.115. The number of methoxy groups -OCH3 is 1. The molecule has 0 aliphatic heterocycles. The molecule has 0 aliphatic rings. The van der Waals surface area contributed by atoms with Gasteiger partial charge in [-0.3, -0.25) is 4.79 Å². The maximum atomic E-state index is 11.8. The number of rotatable bonds is 6. The van der Waals surface area contributed by atoms with Crippen LogP contribution >= 0.6 is 0 Å². The zero-order valence-corrected chi connectivity index (χ0v) is 12.9. The van der Waals surface area contributed by atoms with Crippen molar-refractivity contribution < 1.29 is 17.9 Å². The van der Waals surface area contributed by atoms with Crippen LogP contribution in [0.5, 0.6) is 5.75 Å². The van der Waals surface area contributed by atoms with E-state index < -0.39 is 15.7 Å². The smallest absolute Gasteiger partial charge is 0.225 e. The largest absolute Gasteiger partial charge is 0.497 e. The minimum Gasteiger partial charge on any atom is -0.497 e. The van der Waals surface area contributed by atoms with Gasteiger partial charge in [0.15, 0.2) is 0 Å². The van der Waals surface area contributed by atoms with Crippen LogP contribution in [0.3, 0.4) is 0 Å². The first-order chi connectivity index (χ1) is 10.4. The van der Waals surface area contributed by atoms with Crippen LogP contribution in [-0.4, -0.2) is 53.7 Å². The third-order valence-corrected chi connectivity index (χ3v) is 3.67. The molecule has 0 radical (unpaired) electrons. The van der Waals surface area contributed by atoms with Gasteiger partial charge in [0.25, 0.3) is 0 Å². The van der Waals surface area contributed by atoms with E-state index in [-0.39, 0.29) is 12.2 Å². The van der Waals surface area contributed by atoms with Gasteiger partial charge >= 0.3 is 0 Å². The summed E-state index contributed by atoms with van der Waals surface area (Å²) in [7, 11) is -1.69. The molecule has 0 aliphatic carbocycles. The zero-order valence-electron chi connectivity index (χ0n) is 12.1. The highest BCUT2D eigenvalue weighted by Crippen LogP contribution is 2.23. The van der Waals surface area contributed by atoms with E-state index >= 15 is 0 Å². The van der Waals surface area contributed by atoms with E-state index in [1.165, 1.54) is 18.1 Å². The average Bonchev–Trinajstić information content (AvgIpc) is 2.98. The Morgan fingerprint density at radius 2 is 2.14 bits per heavy atom. The molecule has 0 spiro atoms. The summed E-state index contributed by atoms with van der Waals surface area (Å²) >= 11 is 0. The van der Waals surface area contributed by atoms with Crippen LogP contribution in [0.25, 0.3) is 5.69 Å². The van der Waals surface area contributed by atoms with Crippen molar-refractivity contribution in [1.29, 1.82) is 0 Å². The molecule has 0 saturated carbocycles. The summed E-state index contributed by atoms with van der Waals surface area (Å²) in [6.07, 6.45) is 2.38. The summed E-state index contributed by atoms with van der Waals surface area (Å²) in [6.45, 7) is 0. The molecule has 1 heterocycles. The molecule has 9 nitrogen and oxygen atoms in total. The van der Waals surface area contributed by atoms with E-state index in [1.54, 1.807) is 18.2 Å². The van der Waals surface area contributed by atoms with E-state index in [9.17, 15) is 13.2 Å². The lowest BCUT2D eigenvalue weighted by atomic mass is 10.2. The molecule has 0 atom stereocenters. The number of ether oxygens (including phenoxy) is 1. The van der Waals surface area contributed by atoms with Crippen molar-refractivity contribution >= 4 is 21.4 Å².